The molecule has 0 amide bonds. The lowest BCUT2D eigenvalue weighted by atomic mass is 10.3. The van der Waals surface area contributed by atoms with Gasteiger partial charge in [-0.15, -0.1) is 0 Å². The van der Waals surface area contributed by atoms with E-state index in [9.17, 15) is 8.42 Å². The van der Waals surface area contributed by atoms with Gasteiger partial charge >= 0.3 is 0 Å². The Morgan fingerprint density at radius 2 is 1.71 bits per heavy atom. The first kappa shape index (κ1) is 19.4. The van der Waals surface area contributed by atoms with Crippen molar-refractivity contribution < 1.29 is 8.42 Å². The first-order valence-electron chi connectivity index (χ1n) is 8.28. The van der Waals surface area contributed by atoms with Gasteiger partial charge in [0.05, 0.1) is 23.8 Å². The molecular formula is C17H20N8O2S. The van der Waals surface area contributed by atoms with Crippen molar-refractivity contribution in [2.45, 2.75) is 13.8 Å². The first-order chi connectivity index (χ1) is 13.2. The van der Waals surface area contributed by atoms with Crippen LogP contribution in [-0.4, -0.2) is 46.6 Å². The molecule has 0 aliphatic carbocycles. The van der Waals surface area contributed by atoms with E-state index in [4.69, 9.17) is 0 Å². The Morgan fingerprint density at radius 3 is 2.39 bits per heavy atom. The lowest BCUT2D eigenvalue weighted by Gasteiger charge is -2.20. The summed E-state index contributed by atoms with van der Waals surface area (Å²) in [5.41, 5.74) is 1.78. The minimum Gasteiger partial charge on any atom is -0.337 e. The van der Waals surface area contributed by atoms with E-state index in [1.807, 2.05) is 19.9 Å². The molecule has 0 atom stereocenters. The van der Waals surface area contributed by atoms with E-state index in [-0.39, 0.29) is 0 Å². The van der Waals surface area contributed by atoms with E-state index in [1.165, 1.54) is 30.1 Å². The third kappa shape index (κ3) is 4.68. The minimum atomic E-state index is -3.42. The van der Waals surface area contributed by atoms with E-state index in [2.05, 4.69) is 35.6 Å². The van der Waals surface area contributed by atoms with Crippen molar-refractivity contribution in [1.82, 2.24) is 24.9 Å². The number of nitrogens with one attached hydrogen (secondary N) is 2. The lowest BCUT2D eigenvalue weighted by molar-refractivity contribution is 0.600. The third-order valence-corrected chi connectivity index (χ3v) is 4.98. The van der Waals surface area contributed by atoms with Gasteiger partial charge in [-0.2, -0.15) is 0 Å². The van der Waals surface area contributed by atoms with Crippen molar-refractivity contribution >= 4 is 38.9 Å². The summed E-state index contributed by atoms with van der Waals surface area (Å²) in [4.78, 5) is 21.0. The SMILES string of the molecule is Cc1cc(Nc2cc(Nc3cnccc3N(C)S(C)(=O)=O)ncn2)nc(C)n1. The van der Waals surface area contributed by atoms with Crippen LogP contribution in [0.25, 0.3) is 0 Å². The summed E-state index contributed by atoms with van der Waals surface area (Å²) in [6.07, 6.45) is 5.58. The second-order valence-corrected chi connectivity index (χ2v) is 8.12. The summed E-state index contributed by atoms with van der Waals surface area (Å²) in [6.45, 7) is 3.70. The Labute approximate surface area is 163 Å². The number of anilines is 5. The van der Waals surface area contributed by atoms with Crippen molar-refractivity contribution in [3.05, 3.63) is 48.4 Å². The van der Waals surface area contributed by atoms with E-state index < -0.39 is 10.0 Å². The second kappa shape index (κ2) is 7.72. The highest BCUT2D eigenvalue weighted by Crippen LogP contribution is 2.28. The summed E-state index contributed by atoms with van der Waals surface area (Å²) in [5, 5.41) is 6.19. The molecule has 2 N–H and O–H groups in total. The molecule has 3 aromatic rings. The Bertz CT molecular complexity index is 1080. The average Bonchev–Trinajstić information content (AvgIpc) is 2.60. The molecule has 3 aromatic heterocycles. The molecule has 28 heavy (non-hydrogen) atoms. The zero-order valence-corrected chi connectivity index (χ0v) is 16.7. The first-order valence-corrected chi connectivity index (χ1v) is 10.1. The van der Waals surface area contributed by atoms with Crippen LogP contribution < -0.4 is 14.9 Å². The molecule has 0 bridgehead atoms. The maximum atomic E-state index is 11.9. The van der Waals surface area contributed by atoms with E-state index in [0.717, 1.165) is 11.9 Å². The molecule has 0 fully saturated rings. The summed E-state index contributed by atoms with van der Waals surface area (Å²) < 4.78 is 24.9. The normalized spacial score (nSPS) is 11.1. The van der Waals surface area contributed by atoms with Gasteiger partial charge in [0.2, 0.25) is 10.0 Å². The molecule has 0 saturated heterocycles. The minimum absolute atomic E-state index is 0.452. The quantitative estimate of drug-likeness (QED) is 0.640. The lowest BCUT2D eigenvalue weighted by Crippen LogP contribution is -2.25. The van der Waals surface area contributed by atoms with Gasteiger partial charge in [0.15, 0.2) is 0 Å². The number of hydrogen-bond acceptors (Lipinski definition) is 9. The Morgan fingerprint density at radius 1 is 1.00 bits per heavy atom. The molecule has 3 heterocycles. The van der Waals surface area contributed by atoms with Crippen molar-refractivity contribution in [1.29, 1.82) is 0 Å². The van der Waals surface area contributed by atoms with Crippen LogP contribution in [0.1, 0.15) is 11.5 Å². The van der Waals surface area contributed by atoms with Gasteiger partial charge in [-0.3, -0.25) is 9.29 Å². The van der Waals surface area contributed by atoms with Gasteiger partial charge in [0, 0.05) is 31.1 Å². The Hall–Kier alpha value is -3.34. The Kier molecular flexibility index (Phi) is 5.36. The monoisotopic (exact) mass is 400 g/mol. The van der Waals surface area contributed by atoms with Gasteiger partial charge in [-0.1, -0.05) is 0 Å². The van der Waals surface area contributed by atoms with Crippen LogP contribution in [-0.2, 0) is 10.0 Å². The third-order valence-electron chi connectivity index (χ3n) is 3.79. The fraction of sp³-hybridized carbons (Fsp3) is 0.235. The molecule has 0 aromatic carbocycles. The molecule has 0 radical (unpaired) electrons. The molecule has 0 unspecified atom stereocenters. The fourth-order valence-corrected chi connectivity index (χ4v) is 3.00. The number of aryl methyl sites for hydroxylation is 2. The van der Waals surface area contributed by atoms with E-state index in [0.29, 0.717) is 34.7 Å². The van der Waals surface area contributed by atoms with Crippen molar-refractivity contribution in [3.63, 3.8) is 0 Å². The van der Waals surface area contributed by atoms with Gasteiger partial charge in [-0.25, -0.2) is 28.4 Å². The summed E-state index contributed by atoms with van der Waals surface area (Å²) in [5.74, 6) is 2.26. The second-order valence-electron chi connectivity index (χ2n) is 6.10. The predicted octanol–water partition coefficient (Wildman–Crippen LogP) is 2.16. The molecule has 3 rings (SSSR count). The highest BCUT2D eigenvalue weighted by atomic mass is 32.2. The molecular weight excluding hydrogens is 380 g/mol. The molecule has 146 valence electrons. The van der Waals surface area contributed by atoms with Crippen LogP contribution in [0.15, 0.2) is 36.9 Å². The van der Waals surface area contributed by atoms with Crippen LogP contribution in [0.3, 0.4) is 0 Å². The van der Waals surface area contributed by atoms with Crippen molar-refractivity contribution in [2.75, 3.05) is 28.2 Å². The number of rotatable bonds is 6. The van der Waals surface area contributed by atoms with Crippen LogP contribution >= 0.6 is 0 Å². The molecule has 0 spiro atoms. The van der Waals surface area contributed by atoms with Crippen LogP contribution in [0.2, 0.25) is 0 Å². The van der Waals surface area contributed by atoms with Gasteiger partial charge < -0.3 is 10.6 Å². The fourth-order valence-electron chi connectivity index (χ4n) is 2.48. The molecule has 10 nitrogen and oxygen atoms in total. The number of hydrogen-bond donors (Lipinski definition) is 2. The molecule has 0 saturated carbocycles. The van der Waals surface area contributed by atoms with E-state index in [1.54, 1.807) is 12.1 Å². The van der Waals surface area contributed by atoms with Crippen LogP contribution in [0.4, 0.5) is 28.8 Å². The zero-order chi connectivity index (χ0) is 20.3. The highest BCUT2D eigenvalue weighted by molar-refractivity contribution is 7.92. The average molecular weight is 400 g/mol. The zero-order valence-electron chi connectivity index (χ0n) is 15.9. The number of pyridine rings is 1. The van der Waals surface area contributed by atoms with Gasteiger partial charge in [-0.05, 0) is 19.9 Å². The van der Waals surface area contributed by atoms with E-state index >= 15 is 0 Å². The highest BCUT2D eigenvalue weighted by Gasteiger charge is 2.16. The Balaban J connectivity index is 1.86. The van der Waals surface area contributed by atoms with Crippen LogP contribution in [0, 0.1) is 13.8 Å². The van der Waals surface area contributed by atoms with Gasteiger partial charge in [0.1, 0.15) is 29.6 Å². The maximum Gasteiger partial charge on any atom is 0.232 e. The number of aromatic nitrogens is 5. The largest absolute Gasteiger partial charge is 0.337 e. The standard InChI is InChI=1S/C17H20N8O2S/c1-11-7-17(22-12(2)21-11)24-16-8-15(19-10-20-16)23-13-9-18-6-5-14(13)25(3)28(4,26)27/h5-10H,1-4H3,(H2,19,20,21,22,23,24). The van der Waals surface area contributed by atoms with Crippen LogP contribution in [0.5, 0.6) is 0 Å². The van der Waals surface area contributed by atoms with Crippen molar-refractivity contribution in [3.8, 4) is 0 Å². The predicted molar refractivity (Wildman–Crippen MR) is 108 cm³/mol. The maximum absolute atomic E-state index is 11.9. The summed E-state index contributed by atoms with van der Waals surface area (Å²) in [6, 6.07) is 5.10. The number of nitrogens with zero attached hydrogens (tertiary/aromatic N) is 6. The summed E-state index contributed by atoms with van der Waals surface area (Å²) in [7, 11) is -1.95. The smallest absolute Gasteiger partial charge is 0.232 e. The molecule has 0 aliphatic rings. The van der Waals surface area contributed by atoms with Crippen molar-refractivity contribution in [2.24, 2.45) is 0 Å². The molecule has 11 heteroatoms. The number of sulfonamides is 1. The topological polar surface area (TPSA) is 126 Å². The van der Waals surface area contributed by atoms with Gasteiger partial charge in [0.25, 0.3) is 0 Å². The summed E-state index contributed by atoms with van der Waals surface area (Å²) >= 11 is 0. The molecule has 0 aliphatic heterocycles.